The fourth-order valence-electron chi connectivity index (χ4n) is 3.14. The zero-order valence-corrected chi connectivity index (χ0v) is 16.5. The molecule has 2 heterocycles. The van der Waals surface area contributed by atoms with Crippen LogP contribution < -0.4 is 0 Å². The Morgan fingerprint density at radius 1 is 0.963 bits per heavy atom. The molecule has 1 aromatic heterocycles. The van der Waals surface area contributed by atoms with Crippen molar-refractivity contribution in [2.45, 2.75) is 6.54 Å². The van der Waals surface area contributed by atoms with Gasteiger partial charge in [-0.3, -0.25) is 4.90 Å². The van der Waals surface area contributed by atoms with E-state index < -0.39 is 10.0 Å². The molecule has 0 spiro atoms. The van der Waals surface area contributed by atoms with Crippen molar-refractivity contribution in [3.05, 3.63) is 70.6 Å². The minimum absolute atomic E-state index is 0.506. The Labute approximate surface area is 163 Å². The number of fused-ring (bicyclic) bond motifs is 1. The number of aromatic nitrogens is 1. The molecule has 0 atom stereocenters. The van der Waals surface area contributed by atoms with Gasteiger partial charge in [0.25, 0.3) is 0 Å². The van der Waals surface area contributed by atoms with Crippen LogP contribution in [0.25, 0.3) is 16.3 Å². The van der Waals surface area contributed by atoms with Crippen molar-refractivity contribution in [1.82, 2.24) is 14.2 Å². The van der Waals surface area contributed by atoms with Crippen molar-refractivity contribution in [3.8, 4) is 0 Å². The Morgan fingerprint density at radius 2 is 1.67 bits per heavy atom. The predicted octanol–water partition coefficient (Wildman–Crippen LogP) is 3.41. The van der Waals surface area contributed by atoms with E-state index in [1.807, 2.05) is 48.5 Å². The van der Waals surface area contributed by atoms with E-state index in [1.165, 1.54) is 10.1 Å². The average Bonchev–Trinajstić information content (AvgIpc) is 3.10. The molecule has 2 aromatic carbocycles. The monoisotopic (exact) mass is 399 g/mol. The van der Waals surface area contributed by atoms with E-state index in [9.17, 15) is 8.42 Å². The Balaban J connectivity index is 1.36. The van der Waals surface area contributed by atoms with Crippen LogP contribution in [-0.2, 0) is 16.6 Å². The number of benzene rings is 2. The van der Waals surface area contributed by atoms with Gasteiger partial charge >= 0.3 is 0 Å². The lowest BCUT2D eigenvalue weighted by Crippen LogP contribution is -2.47. The Morgan fingerprint density at radius 3 is 2.41 bits per heavy atom. The number of para-hydroxylation sites is 1. The van der Waals surface area contributed by atoms with E-state index in [0.29, 0.717) is 26.2 Å². The van der Waals surface area contributed by atoms with E-state index in [-0.39, 0.29) is 0 Å². The van der Waals surface area contributed by atoms with Gasteiger partial charge < -0.3 is 0 Å². The molecule has 140 valence electrons. The summed E-state index contributed by atoms with van der Waals surface area (Å²) in [6.45, 7) is 3.22. The highest BCUT2D eigenvalue weighted by atomic mass is 32.2. The van der Waals surface area contributed by atoms with Gasteiger partial charge in [0.15, 0.2) is 0 Å². The number of hydrogen-bond acceptors (Lipinski definition) is 5. The molecule has 0 unspecified atom stereocenters. The Hall–Kier alpha value is -2.06. The molecular weight excluding hydrogens is 378 g/mol. The minimum atomic E-state index is -3.39. The van der Waals surface area contributed by atoms with E-state index in [0.717, 1.165) is 22.6 Å². The van der Waals surface area contributed by atoms with Crippen molar-refractivity contribution >= 4 is 37.7 Å². The molecule has 0 aliphatic carbocycles. The molecule has 0 saturated carbocycles. The predicted molar refractivity (Wildman–Crippen MR) is 111 cm³/mol. The first-order chi connectivity index (χ1) is 13.1. The normalized spacial score (nSPS) is 17.0. The molecule has 0 amide bonds. The second-order valence-corrected chi connectivity index (χ2v) is 9.44. The summed E-state index contributed by atoms with van der Waals surface area (Å²) in [6, 6.07) is 17.6. The zero-order valence-electron chi connectivity index (χ0n) is 14.9. The van der Waals surface area contributed by atoms with Gasteiger partial charge in [0.05, 0.1) is 16.8 Å². The molecule has 1 aliphatic rings. The molecule has 0 bridgehead atoms. The number of thiazole rings is 1. The third-order valence-corrected chi connectivity index (χ3v) is 7.21. The summed E-state index contributed by atoms with van der Waals surface area (Å²) in [5.41, 5.74) is 1.92. The van der Waals surface area contributed by atoms with Crippen LogP contribution >= 0.6 is 11.3 Å². The molecule has 1 aliphatic heterocycles. The van der Waals surface area contributed by atoms with E-state index in [2.05, 4.69) is 16.0 Å². The van der Waals surface area contributed by atoms with Gasteiger partial charge in [0.2, 0.25) is 10.0 Å². The fraction of sp³-hybridized carbons (Fsp3) is 0.250. The van der Waals surface area contributed by atoms with Gasteiger partial charge in [-0.2, -0.15) is 4.31 Å². The third kappa shape index (κ3) is 4.44. The Kier molecular flexibility index (Phi) is 5.36. The largest absolute Gasteiger partial charge is 0.294 e. The maximum absolute atomic E-state index is 12.6. The molecule has 0 N–H and O–H groups in total. The van der Waals surface area contributed by atoms with Crippen molar-refractivity contribution in [2.75, 3.05) is 26.2 Å². The standard InChI is InChI=1S/C20H21N3O2S2/c24-27(25,15-10-17-6-2-1-3-7-17)23-13-11-22(12-14-23)16-20-21-18-8-4-5-9-19(18)26-20/h1-10,15H,11-14,16H2/b15-10+. The van der Waals surface area contributed by atoms with Gasteiger partial charge in [-0.15, -0.1) is 11.3 Å². The van der Waals surface area contributed by atoms with Crippen LogP contribution in [0.5, 0.6) is 0 Å². The van der Waals surface area contributed by atoms with Crippen LogP contribution in [0.1, 0.15) is 10.6 Å². The second-order valence-electron chi connectivity index (χ2n) is 6.51. The van der Waals surface area contributed by atoms with Gasteiger partial charge in [-0.05, 0) is 23.8 Å². The third-order valence-electron chi connectivity index (χ3n) is 4.62. The molecular formula is C20H21N3O2S2. The highest BCUT2D eigenvalue weighted by Gasteiger charge is 2.25. The summed E-state index contributed by atoms with van der Waals surface area (Å²) < 4.78 is 27.9. The molecule has 4 rings (SSSR count). The van der Waals surface area contributed by atoms with Crippen LogP contribution in [0.3, 0.4) is 0 Å². The number of nitrogens with zero attached hydrogens (tertiary/aromatic N) is 3. The van der Waals surface area contributed by atoms with Crippen LogP contribution in [0.2, 0.25) is 0 Å². The maximum atomic E-state index is 12.6. The average molecular weight is 400 g/mol. The first-order valence-electron chi connectivity index (χ1n) is 8.90. The summed E-state index contributed by atoms with van der Waals surface area (Å²) in [5, 5.41) is 2.39. The SMILES string of the molecule is O=S(=O)(/C=C/c1ccccc1)N1CCN(Cc2nc3ccccc3s2)CC1. The van der Waals surface area contributed by atoms with Crippen molar-refractivity contribution < 1.29 is 8.42 Å². The first kappa shape index (κ1) is 18.3. The van der Waals surface area contributed by atoms with Crippen molar-refractivity contribution in [1.29, 1.82) is 0 Å². The smallest absolute Gasteiger partial charge is 0.236 e. The number of sulfonamides is 1. The second kappa shape index (κ2) is 7.90. The van der Waals surface area contributed by atoms with Crippen LogP contribution in [0.15, 0.2) is 60.0 Å². The fourth-order valence-corrected chi connectivity index (χ4v) is 5.32. The minimum Gasteiger partial charge on any atom is -0.294 e. The van der Waals surface area contributed by atoms with E-state index >= 15 is 0 Å². The summed E-state index contributed by atoms with van der Waals surface area (Å²) in [6.07, 6.45) is 1.66. The summed E-state index contributed by atoms with van der Waals surface area (Å²) >= 11 is 1.71. The molecule has 5 nitrogen and oxygen atoms in total. The van der Waals surface area contributed by atoms with Crippen LogP contribution in [0, 0.1) is 0 Å². The molecule has 3 aromatic rings. The molecule has 1 fully saturated rings. The summed E-state index contributed by atoms with van der Waals surface area (Å²) in [5.74, 6) is 0. The van der Waals surface area contributed by atoms with Crippen molar-refractivity contribution in [3.63, 3.8) is 0 Å². The van der Waals surface area contributed by atoms with Crippen molar-refractivity contribution in [2.24, 2.45) is 0 Å². The lowest BCUT2D eigenvalue weighted by molar-refractivity contribution is 0.182. The molecule has 27 heavy (non-hydrogen) atoms. The summed E-state index contributed by atoms with van der Waals surface area (Å²) in [7, 11) is -3.39. The number of rotatable bonds is 5. The molecule has 1 saturated heterocycles. The van der Waals surface area contributed by atoms with Gasteiger partial charge in [0.1, 0.15) is 5.01 Å². The quantitative estimate of drug-likeness (QED) is 0.660. The lowest BCUT2D eigenvalue weighted by Gasteiger charge is -2.32. The zero-order chi connectivity index (χ0) is 18.7. The lowest BCUT2D eigenvalue weighted by atomic mass is 10.2. The van der Waals surface area contributed by atoms with Gasteiger partial charge in [0, 0.05) is 31.6 Å². The van der Waals surface area contributed by atoms with Crippen LogP contribution in [-0.4, -0.2) is 48.8 Å². The topological polar surface area (TPSA) is 53.5 Å². The van der Waals surface area contributed by atoms with Gasteiger partial charge in [-0.25, -0.2) is 13.4 Å². The van der Waals surface area contributed by atoms with Gasteiger partial charge in [-0.1, -0.05) is 42.5 Å². The van der Waals surface area contributed by atoms with E-state index in [4.69, 9.17) is 0 Å². The number of hydrogen-bond donors (Lipinski definition) is 0. The van der Waals surface area contributed by atoms with E-state index in [1.54, 1.807) is 21.7 Å². The molecule has 7 heteroatoms. The first-order valence-corrected chi connectivity index (χ1v) is 11.2. The summed E-state index contributed by atoms with van der Waals surface area (Å²) in [4.78, 5) is 6.94. The van der Waals surface area contributed by atoms with Crippen LogP contribution in [0.4, 0.5) is 0 Å². The maximum Gasteiger partial charge on any atom is 0.236 e. The highest BCUT2D eigenvalue weighted by molar-refractivity contribution is 7.92. The Bertz CT molecular complexity index is 1000. The number of piperazine rings is 1. The highest BCUT2D eigenvalue weighted by Crippen LogP contribution is 2.23. The molecule has 0 radical (unpaired) electrons.